The summed E-state index contributed by atoms with van der Waals surface area (Å²) in [5.74, 6) is 1.03. The number of carbonyl (C=O) groups is 1. The highest BCUT2D eigenvalue weighted by atomic mass is 16.1. The van der Waals surface area contributed by atoms with Crippen molar-refractivity contribution >= 4 is 17.4 Å². The lowest BCUT2D eigenvalue weighted by atomic mass is 9.71. The number of fused-ring (bicyclic) bond motifs is 1. The number of carbonyl (C=O) groups excluding carboxylic acids is 1. The van der Waals surface area contributed by atoms with Gasteiger partial charge < -0.3 is 16.0 Å². The highest BCUT2D eigenvalue weighted by Crippen LogP contribution is 2.40. The number of nitrogens with one attached hydrogen (secondary N) is 3. The summed E-state index contributed by atoms with van der Waals surface area (Å²) in [7, 11) is 1.65. The van der Waals surface area contributed by atoms with Crippen molar-refractivity contribution in [1.82, 2.24) is 10.6 Å². The molecule has 4 rings (SSSR count). The van der Waals surface area contributed by atoms with E-state index in [0.717, 1.165) is 43.8 Å². The first-order valence-electron chi connectivity index (χ1n) is 9.62. The Kier molecular flexibility index (Phi) is 4.94. The van der Waals surface area contributed by atoms with Gasteiger partial charge in [-0.15, -0.1) is 0 Å². The third kappa shape index (κ3) is 3.60. The monoisotopic (exact) mass is 362 g/mol. The van der Waals surface area contributed by atoms with E-state index in [1.165, 1.54) is 11.3 Å². The van der Waals surface area contributed by atoms with E-state index >= 15 is 0 Å². The molecule has 3 N–H and O–H groups in total. The van der Waals surface area contributed by atoms with E-state index in [4.69, 9.17) is 4.99 Å². The van der Waals surface area contributed by atoms with Crippen molar-refractivity contribution in [1.29, 1.82) is 0 Å². The summed E-state index contributed by atoms with van der Waals surface area (Å²) in [5, 5.41) is 9.77. The molecule has 5 nitrogen and oxygen atoms in total. The number of benzene rings is 2. The number of piperidine rings is 1. The van der Waals surface area contributed by atoms with Crippen LogP contribution in [0.15, 0.2) is 53.5 Å². The fourth-order valence-corrected chi connectivity index (χ4v) is 4.16. The van der Waals surface area contributed by atoms with Crippen molar-refractivity contribution in [2.45, 2.75) is 25.8 Å². The molecule has 2 aromatic carbocycles. The van der Waals surface area contributed by atoms with Crippen LogP contribution >= 0.6 is 0 Å². The van der Waals surface area contributed by atoms with E-state index in [-0.39, 0.29) is 11.3 Å². The van der Waals surface area contributed by atoms with Crippen LogP contribution in [-0.2, 0) is 13.0 Å². The fraction of sp³-hybridized carbons (Fsp3) is 0.364. The standard InChI is InChI=1S/C22H26N4O/c1-23-20(27)17-7-4-5-16(13-17)15-25-21-22(9-11-24-12-10-22)14-18-6-2-3-8-19(18)26-21/h2-8,13,24H,9-12,14-15H2,1H3,(H,23,27)(H,25,26). The quantitative estimate of drug-likeness (QED) is 0.786. The predicted molar refractivity (Wildman–Crippen MR) is 109 cm³/mol. The number of anilines is 1. The van der Waals surface area contributed by atoms with E-state index in [1.807, 2.05) is 24.3 Å². The highest BCUT2D eigenvalue weighted by molar-refractivity contribution is 6.02. The van der Waals surface area contributed by atoms with Gasteiger partial charge in [0.15, 0.2) is 0 Å². The zero-order chi connectivity index (χ0) is 18.7. The number of hydrogen-bond acceptors (Lipinski definition) is 3. The van der Waals surface area contributed by atoms with Gasteiger partial charge in [0.25, 0.3) is 5.91 Å². The third-order valence-electron chi connectivity index (χ3n) is 5.70. The topological polar surface area (TPSA) is 65.5 Å². The van der Waals surface area contributed by atoms with Crippen molar-refractivity contribution in [3.05, 3.63) is 65.2 Å². The van der Waals surface area contributed by atoms with Gasteiger partial charge in [0.2, 0.25) is 0 Å². The number of amides is 1. The summed E-state index contributed by atoms with van der Waals surface area (Å²) in [4.78, 5) is 16.9. The van der Waals surface area contributed by atoms with Crippen LogP contribution in [0.5, 0.6) is 0 Å². The molecule has 0 atom stereocenters. The summed E-state index contributed by atoms with van der Waals surface area (Å²) >= 11 is 0. The Balaban J connectivity index is 1.63. The minimum absolute atomic E-state index is 0.0657. The Morgan fingerprint density at radius 2 is 1.96 bits per heavy atom. The fourth-order valence-electron chi connectivity index (χ4n) is 4.16. The van der Waals surface area contributed by atoms with Crippen LogP contribution in [-0.4, -0.2) is 31.9 Å². The molecule has 1 spiro atoms. The first kappa shape index (κ1) is 17.7. The van der Waals surface area contributed by atoms with Gasteiger partial charge in [-0.25, -0.2) is 0 Å². The molecule has 2 aliphatic heterocycles. The normalized spacial score (nSPS) is 19.4. The van der Waals surface area contributed by atoms with Crippen LogP contribution in [0.2, 0.25) is 0 Å². The predicted octanol–water partition coefficient (Wildman–Crippen LogP) is 2.98. The summed E-state index contributed by atoms with van der Waals surface area (Å²) in [5.41, 5.74) is 4.35. The first-order chi connectivity index (χ1) is 13.2. The van der Waals surface area contributed by atoms with Gasteiger partial charge in [-0.3, -0.25) is 9.79 Å². The van der Waals surface area contributed by atoms with Crippen LogP contribution in [0.3, 0.4) is 0 Å². The van der Waals surface area contributed by atoms with Gasteiger partial charge >= 0.3 is 0 Å². The van der Waals surface area contributed by atoms with E-state index in [9.17, 15) is 4.79 Å². The second-order valence-corrected chi connectivity index (χ2v) is 7.43. The zero-order valence-electron chi connectivity index (χ0n) is 15.7. The van der Waals surface area contributed by atoms with Crippen LogP contribution in [0.1, 0.15) is 34.3 Å². The lowest BCUT2D eigenvalue weighted by Gasteiger charge is -2.42. The first-order valence-corrected chi connectivity index (χ1v) is 9.62. The number of nitrogens with zero attached hydrogens (tertiary/aromatic N) is 1. The molecule has 140 valence electrons. The molecule has 27 heavy (non-hydrogen) atoms. The van der Waals surface area contributed by atoms with E-state index in [0.29, 0.717) is 12.1 Å². The summed E-state index contributed by atoms with van der Waals surface area (Å²) in [6.45, 7) is 2.62. The van der Waals surface area contributed by atoms with E-state index in [1.54, 1.807) is 7.05 Å². The van der Waals surface area contributed by atoms with Crippen molar-refractivity contribution < 1.29 is 4.79 Å². The molecule has 2 aliphatic rings. The minimum Gasteiger partial charge on any atom is -0.355 e. The van der Waals surface area contributed by atoms with Gasteiger partial charge in [-0.2, -0.15) is 0 Å². The van der Waals surface area contributed by atoms with E-state index < -0.39 is 0 Å². The maximum Gasteiger partial charge on any atom is 0.251 e. The largest absolute Gasteiger partial charge is 0.355 e. The molecule has 1 amide bonds. The molecule has 0 aliphatic carbocycles. The van der Waals surface area contributed by atoms with Gasteiger partial charge in [0, 0.05) is 23.7 Å². The zero-order valence-corrected chi connectivity index (χ0v) is 15.7. The average Bonchev–Trinajstić information content (AvgIpc) is 2.72. The molecule has 5 heteroatoms. The number of hydrogen-bond donors (Lipinski definition) is 3. The highest BCUT2D eigenvalue weighted by Gasteiger charge is 2.40. The Hall–Kier alpha value is -2.66. The van der Waals surface area contributed by atoms with Crippen molar-refractivity contribution in [2.75, 3.05) is 25.5 Å². The molecule has 1 fully saturated rings. The Labute approximate surface area is 160 Å². The second kappa shape index (κ2) is 7.53. The summed E-state index contributed by atoms with van der Waals surface area (Å²) < 4.78 is 0. The van der Waals surface area contributed by atoms with E-state index in [2.05, 4.69) is 40.2 Å². The average molecular weight is 362 g/mol. The Morgan fingerprint density at radius 3 is 2.78 bits per heavy atom. The minimum atomic E-state index is -0.0657. The number of rotatable bonds is 3. The third-order valence-corrected chi connectivity index (χ3v) is 5.70. The summed E-state index contributed by atoms with van der Waals surface area (Å²) in [6, 6.07) is 16.2. The molecule has 0 radical (unpaired) electrons. The van der Waals surface area contributed by atoms with Gasteiger partial charge in [-0.05, 0) is 61.7 Å². The maximum atomic E-state index is 11.9. The molecule has 0 unspecified atom stereocenters. The van der Waals surface area contributed by atoms with Gasteiger partial charge in [-0.1, -0.05) is 30.3 Å². The molecular formula is C22H26N4O. The van der Waals surface area contributed by atoms with Crippen LogP contribution < -0.4 is 16.0 Å². The van der Waals surface area contributed by atoms with Crippen LogP contribution in [0.25, 0.3) is 0 Å². The number of aliphatic imine (C=N–C) groups is 1. The molecule has 1 saturated heterocycles. The summed E-state index contributed by atoms with van der Waals surface area (Å²) in [6.07, 6.45) is 3.21. The molecule has 0 aromatic heterocycles. The molecule has 2 aromatic rings. The molecule has 0 saturated carbocycles. The Morgan fingerprint density at radius 1 is 1.15 bits per heavy atom. The SMILES string of the molecule is CNC(=O)c1cccc(CN=C2Nc3ccccc3CC23CCNCC3)c1. The van der Waals surface area contributed by atoms with Gasteiger partial charge in [0.1, 0.15) is 5.84 Å². The maximum absolute atomic E-state index is 11.9. The molecular weight excluding hydrogens is 336 g/mol. The molecule has 2 heterocycles. The number of amidine groups is 1. The van der Waals surface area contributed by atoms with Crippen molar-refractivity contribution in [2.24, 2.45) is 10.4 Å². The smallest absolute Gasteiger partial charge is 0.251 e. The Bertz CT molecular complexity index is 868. The van der Waals surface area contributed by atoms with Crippen LogP contribution in [0.4, 0.5) is 5.69 Å². The second-order valence-electron chi connectivity index (χ2n) is 7.43. The lowest BCUT2D eigenvalue weighted by Crippen LogP contribution is -2.48. The van der Waals surface area contributed by atoms with Crippen LogP contribution in [0, 0.1) is 5.41 Å². The lowest BCUT2D eigenvalue weighted by molar-refractivity contribution is 0.0963. The molecule has 0 bridgehead atoms. The van der Waals surface area contributed by atoms with Crippen molar-refractivity contribution in [3.8, 4) is 0 Å². The van der Waals surface area contributed by atoms with Gasteiger partial charge in [0.05, 0.1) is 6.54 Å². The number of para-hydroxylation sites is 1. The van der Waals surface area contributed by atoms with Crippen molar-refractivity contribution in [3.63, 3.8) is 0 Å².